The van der Waals surface area contributed by atoms with Gasteiger partial charge in [0, 0.05) is 31.4 Å². The zero-order chi connectivity index (χ0) is 15.5. The van der Waals surface area contributed by atoms with Crippen molar-refractivity contribution in [3.63, 3.8) is 0 Å². The largest absolute Gasteiger partial charge is 0.367 e. The van der Waals surface area contributed by atoms with E-state index < -0.39 is 10.0 Å². The van der Waals surface area contributed by atoms with Crippen LogP contribution in [0.15, 0.2) is 29.2 Å². The maximum atomic E-state index is 11.9. The maximum Gasteiger partial charge on any atom is 0.240 e. The molecule has 0 radical (unpaired) electrons. The molecule has 0 aliphatic carbocycles. The summed E-state index contributed by atoms with van der Waals surface area (Å²) < 4.78 is 26.4. The van der Waals surface area contributed by atoms with Gasteiger partial charge in [-0.15, -0.1) is 0 Å². The number of rotatable bonds is 5. The van der Waals surface area contributed by atoms with Gasteiger partial charge < -0.3 is 10.6 Å². The van der Waals surface area contributed by atoms with Crippen molar-refractivity contribution in [2.45, 2.75) is 37.6 Å². The van der Waals surface area contributed by atoms with E-state index in [1.165, 1.54) is 6.42 Å². The quantitative estimate of drug-likeness (QED) is 0.865. The fraction of sp³-hybridized carbons (Fsp3) is 0.600. The van der Waals surface area contributed by atoms with Gasteiger partial charge >= 0.3 is 0 Å². The molecule has 0 amide bonds. The summed E-state index contributed by atoms with van der Waals surface area (Å²) in [5.41, 5.74) is 6.96. The summed E-state index contributed by atoms with van der Waals surface area (Å²) in [5, 5.41) is 0. The first-order chi connectivity index (χ1) is 9.99. The van der Waals surface area contributed by atoms with Crippen LogP contribution < -0.4 is 15.4 Å². The van der Waals surface area contributed by atoms with Crippen molar-refractivity contribution < 1.29 is 8.42 Å². The lowest BCUT2D eigenvalue weighted by Gasteiger charge is -2.41. The number of anilines is 1. The van der Waals surface area contributed by atoms with Gasteiger partial charge in [0.1, 0.15) is 0 Å². The highest BCUT2D eigenvalue weighted by atomic mass is 32.2. The summed E-state index contributed by atoms with van der Waals surface area (Å²) >= 11 is 0. The number of nitrogens with two attached hydrogens (primary N) is 1. The summed E-state index contributed by atoms with van der Waals surface area (Å²) in [6.07, 6.45) is 2.35. The molecule has 3 N–H and O–H groups in total. The van der Waals surface area contributed by atoms with Crippen molar-refractivity contribution in [1.29, 1.82) is 0 Å². The zero-order valence-corrected chi connectivity index (χ0v) is 13.6. The molecule has 2 unspecified atom stereocenters. The summed E-state index contributed by atoms with van der Waals surface area (Å²) in [6.45, 7) is 5.99. The van der Waals surface area contributed by atoms with Gasteiger partial charge in [-0.1, -0.05) is 13.8 Å². The summed E-state index contributed by atoms with van der Waals surface area (Å²) in [6, 6.07) is 7.42. The standard InChI is InChI=1S/C15H25N3O2S/c1-3-17-21(19,20)14-8-6-13(7-9-14)18-10-4-5-12(2)15(18)11-16/h6-9,12,15,17H,3-5,10-11,16H2,1-2H3. The summed E-state index contributed by atoms with van der Waals surface area (Å²) in [7, 11) is -3.38. The Hall–Kier alpha value is -1.11. The highest BCUT2D eigenvalue weighted by Crippen LogP contribution is 2.28. The van der Waals surface area contributed by atoms with Crippen molar-refractivity contribution >= 4 is 15.7 Å². The van der Waals surface area contributed by atoms with E-state index in [9.17, 15) is 8.42 Å². The Morgan fingerprint density at radius 2 is 2.00 bits per heavy atom. The number of benzene rings is 1. The van der Waals surface area contributed by atoms with Crippen molar-refractivity contribution in [3.05, 3.63) is 24.3 Å². The average molecular weight is 311 g/mol. The van der Waals surface area contributed by atoms with Crippen LogP contribution >= 0.6 is 0 Å². The van der Waals surface area contributed by atoms with Crippen LogP contribution in [-0.4, -0.2) is 34.1 Å². The van der Waals surface area contributed by atoms with Gasteiger partial charge in [0.25, 0.3) is 0 Å². The molecule has 1 aliphatic rings. The van der Waals surface area contributed by atoms with E-state index in [1.807, 2.05) is 12.1 Å². The van der Waals surface area contributed by atoms with Gasteiger partial charge in [-0.2, -0.15) is 0 Å². The van der Waals surface area contributed by atoms with Crippen LogP contribution in [-0.2, 0) is 10.0 Å². The number of hydrogen-bond donors (Lipinski definition) is 2. The second kappa shape index (κ2) is 6.77. The van der Waals surface area contributed by atoms with Crippen molar-refractivity contribution in [2.24, 2.45) is 11.7 Å². The molecule has 1 fully saturated rings. The van der Waals surface area contributed by atoms with Gasteiger partial charge in [0.05, 0.1) is 4.90 Å². The Bertz CT molecular complexity index is 557. The highest BCUT2D eigenvalue weighted by Gasteiger charge is 2.27. The molecule has 5 nitrogen and oxygen atoms in total. The van der Waals surface area contributed by atoms with Crippen molar-refractivity contribution in [1.82, 2.24) is 4.72 Å². The average Bonchev–Trinajstić information content (AvgIpc) is 2.47. The molecular weight excluding hydrogens is 286 g/mol. The Labute approximate surface area is 127 Å². The van der Waals surface area contributed by atoms with Crippen LogP contribution in [0, 0.1) is 5.92 Å². The van der Waals surface area contributed by atoms with E-state index in [1.54, 1.807) is 19.1 Å². The second-order valence-corrected chi connectivity index (χ2v) is 7.38. The number of nitrogens with zero attached hydrogens (tertiary/aromatic N) is 1. The minimum atomic E-state index is -3.38. The van der Waals surface area contributed by atoms with Crippen LogP contribution in [0.1, 0.15) is 26.7 Å². The first-order valence-corrected chi connectivity index (χ1v) is 9.04. The van der Waals surface area contributed by atoms with E-state index in [0.29, 0.717) is 29.9 Å². The molecule has 1 saturated heterocycles. The lowest BCUT2D eigenvalue weighted by molar-refractivity contribution is 0.350. The van der Waals surface area contributed by atoms with Gasteiger partial charge in [-0.05, 0) is 43.0 Å². The molecule has 1 aromatic carbocycles. The fourth-order valence-corrected chi connectivity index (χ4v) is 4.06. The molecule has 21 heavy (non-hydrogen) atoms. The number of piperidine rings is 1. The van der Waals surface area contributed by atoms with E-state index in [-0.39, 0.29) is 0 Å². The molecule has 0 aromatic heterocycles. The first-order valence-electron chi connectivity index (χ1n) is 7.56. The second-order valence-electron chi connectivity index (χ2n) is 5.61. The molecule has 1 aromatic rings. The lowest BCUT2D eigenvalue weighted by atomic mass is 9.90. The lowest BCUT2D eigenvalue weighted by Crippen LogP contribution is -2.48. The number of sulfonamides is 1. The minimum absolute atomic E-state index is 0.308. The zero-order valence-electron chi connectivity index (χ0n) is 12.7. The van der Waals surface area contributed by atoms with Crippen molar-refractivity contribution in [3.8, 4) is 0 Å². The Kier molecular flexibility index (Phi) is 5.24. The molecule has 118 valence electrons. The molecule has 1 heterocycles. The van der Waals surface area contributed by atoms with Crippen LogP contribution in [0.4, 0.5) is 5.69 Å². The Morgan fingerprint density at radius 3 is 2.57 bits per heavy atom. The third-order valence-corrected chi connectivity index (χ3v) is 5.73. The van der Waals surface area contributed by atoms with Gasteiger partial charge in [0.15, 0.2) is 0 Å². The van der Waals surface area contributed by atoms with Crippen LogP contribution in [0.3, 0.4) is 0 Å². The molecular formula is C15H25N3O2S. The predicted octanol–water partition coefficient (Wildman–Crippen LogP) is 1.55. The van der Waals surface area contributed by atoms with Crippen LogP contribution in [0.2, 0.25) is 0 Å². The minimum Gasteiger partial charge on any atom is -0.367 e. The van der Waals surface area contributed by atoms with Gasteiger partial charge in [-0.3, -0.25) is 0 Å². The summed E-state index contributed by atoms with van der Waals surface area (Å²) in [5.74, 6) is 0.564. The normalized spacial score (nSPS) is 23.3. The maximum absolute atomic E-state index is 11.9. The molecule has 2 atom stereocenters. The SMILES string of the molecule is CCNS(=O)(=O)c1ccc(N2CCCC(C)C2CN)cc1. The van der Waals surface area contributed by atoms with E-state index in [2.05, 4.69) is 16.5 Å². The van der Waals surface area contributed by atoms with E-state index in [4.69, 9.17) is 5.73 Å². The molecule has 6 heteroatoms. The molecule has 0 spiro atoms. The molecule has 0 saturated carbocycles. The highest BCUT2D eigenvalue weighted by molar-refractivity contribution is 7.89. The predicted molar refractivity (Wildman–Crippen MR) is 85.9 cm³/mol. The van der Waals surface area contributed by atoms with Crippen LogP contribution in [0.25, 0.3) is 0 Å². The fourth-order valence-electron chi connectivity index (χ4n) is 3.02. The number of hydrogen-bond acceptors (Lipinski definition) is 4. The van der Waals surface area contributed by atoms with E-state index >= 15 is 0 Å². The topological polar surface area (TPSA) is 75.4 Å². The first kappa shape index (κ1) is 16.3. The Balaban J connectivity index is 2.22. The van der Waals surface area contributed by atoms with Crippen LogP contribution in [0.5, 0.6) is 0 Å². The molecule has 0 bridgehead atoms. The third-order valence-electron chi connectivity index (χ3n) is 4.17. The molecule has 1 aliphatic heterocycles. The third kappa shape index (κ3) is 3.56. The van der Waals surface area contributed by atoms with E-state index in [0.717, 1.165) is 18.7 Å². The summed E-state index contributed by atoms with van der Waals surface area (Å²) in [4.78, 5) is 2.61. The van der Waals surface area contributed by atoms with Gasteiger partial charge in [0.2, 0.25) is 10.0 Å². The monoisotopic (exact) mass is 311 g/mol. The molecule has 2 rings (SSSR count). The van der Waals surface area contributed by atoms with Gasteiger partial charge in [-0.25, -0.2) is 13.1 Å². The smallest absolute Gasteiger partial charge is 0.240 e. The Morgan fingerprint density at radius 1 is 1.33 bits per heavy atom. The number of nitrogens with one attached hydrogen (secondary N) is 1. The van der Waals surface area contributed by atoms with Crippen molar-refractivity contribution in [2.75, 3.05) is 24.5 Å².